The lowest BCUT2D eigenvalue weighted by Gasteiger charge is -2.14. The summed E-state index contributed by atoms with van der Waals surface area (Å²) >= 11 is 0. The van der Waals surface area contributed by atoms with E-state index in [0.717, 1.165) is 22.0 Å². The van der Waals surface area contributed by atoms with Gasteiger partial charge in [-0.25, -0.2) is 8.42 Å². The van der Waals surface area contributed by atoms with Crippen molar-refractivity contribution >= 4 is 26.6 Å². The molecule has 0 radical (unpaired) electrons. The lowest BCUT2D eigenvalue weighted by Crippen LogP contribution is -2.32. The summed E-state index contributed by atoms with van der Waals surface area (Å²) in [4.78, 5) is 4.34. The summed E-state index contributed by atoms with van der Waals surface area (Å²) in [5.41, 5.74) is 2.99. The molecule has 4 aromatic rings. The second-order valence-electron chi connectivity index (χ2n) is 8.39. The molecule has 1 heterocycles. The van der Waals surface area contributed by atoms with Gasteiger partial charge in [0.15, 0.2) is 0 Å². The second-order valence-corrected chi connectivity index (χ2v) is 10.1. The molecule has 1 atom stereocenters. The predicted molar refractivity (Wildman–Crippen MR) is 139 cm³/mol. The standard InChI is InChI=1S/C27H29N3O5S/c31-18-21-4-3-6-25(14-21)35-19-24(32)16-28-13-12-20-8-10-23(11-9-20)30-36(33,34)26-15-22-5-1-2-7-27(22)29-17-26/h1-11,14-15,17,24,28,30-32H,12-13,16,18-19H2. The molecule has 188 valence electrons. The van der Waals surface area contributed by atoms with Crippen molar-refractivity contribution in [1.82, 2.24) is 10.3 Å². The van der Waals surface area contributed by atoms with E-state index in [1.54, 1.807) is 42.5 Å². The fourth-order valence-corrected chi connectivity index (χ4v) is 4.68. The molecule has 0 aliphatic carbocycles. The lowest BCUT2D eigenvalue weighted by atomic mass is 10.1. The molecule has 0 fully saturated rings. The van der Waals surface area contributed by atoms with Gasteiger partial charge in [0.25, 0.3) is 10.0 Å². The van der Waals surface area contributed by atoms with E-state index in [0.29, 0.717) is 30.9 Å². The van der Waals surface area contributed by atoms with E-state index in [1.165, 1.54) is 6.20 Å². The van der Waals surface area contributed by atoms with Crippen LogP contribution in [0, 0.1) is 0 Å². The third-order valence-corrected chi connectivity index (χ3v) is 6.92. The number of anilines is 1. The smallest absolute Gasteiger partial charge is 0.263 e. The summed E-state index contributed by atoms with van der Waals surface area (Å²) in [6.45, 7) is 1.10. The molecule has 0 bridgehead atoms. The molecule has 4 N–H and O–H groups in total. The van der Waals surface area contributed by atoms with Gasteiger partial charge in [-0.15, -0.1) is 0 Å². The number of sulfonamides is 1. The van der Waals surface area contributed by atoms with Gasteiger partial charge in [-0.3, -0.25) is 9.71 Å². The number of aliphatic hydroxyl groups excluding tert-OH is 2. The van der Waals surface area contributed by atoms with Crippen molar-refractivity contribution in [3.05, 3.63) is 96.2 Å². The minimum absolute atomic E-state index is 0.0594. The number of para-hydroxylation sites is 1. The topological polar surface area (TPSA) is 121 Å². The summed E-state index contributed by atoms with van der Waals surface area (Å²) in [6, 6.07) is 23.3. The van der Waals surface area contributed by atoms with E-state index in [2.05, 4.69) is 15.0 Å². The van der Waals surface area contributed by atoms with E-state index in [9.17, 15) is 18.6 Å². The highest BCUT2D eigenvalue weighted by molar-refractivity contribution is 7.92. The van der Waals surface area contributed by atoms with Crippen LogP contribution in [0.5, 0.6) is 5.75 Å². The van der Waals surface area contributed by atoms with E-state index in [-0.39, 0.29) is 18.1 Å². The third kappa shape index (κ3) is 7.02. The molecule has 4 rings (SSSR count). The van der Waals surface area contributed by atoms with Crippen LogP contribution >= 0.6 is 0 Å². The maximum atomic E-state index is 12.8. The zero-order valence-electron chi connectivity index (χ0n) is 19.7. The summed E-state index contributed by atoms with van der Waals surface area (Å²) < 4.78 is 33.7. The molecule has 0 saturated carbocycles. The third-order valence-electron chi connectivity index (χ3n) is 5.58. The van der Waals surface area contributed by atoms with Crippen LogP contribution in [0.3, 0.4) is 0 Å². The Bertz CT molecular complexity index is 1390. The van der Waals surface area contributed by atoms with E-state index < -0.39 is 16.1 Å². The van der Waals surface area contributed by atoms with Gasteiger partial charge in [-0.1, -0.05) is 42.5 Å². The van der Waals surface area contributed by atoms with E-state index in [4.69, 9.17) is 4.74 Å². The molecule has 36 heavy (non-hydrogen) atoms. The largest absolute Gasteiger partial charge is 0.491 e. The normalized spacial score (nSPS) is 12.4. The van der Waals surface area contributed by atoms with Crippen LogP contribution in [0.2, 0.25) is 0 Å². The Hall–Kier alpha value is -3.50. The Morgan fingerprint density at radius 2 is 1.75 bits per heavy atom. The number of nitrogens with one attached hydrogen (secondary N) is 2. The Labute approximate surface area is 210 Å². The molecule has 0 aliphatic rings. The maximum Gasteiger partial charge on any atom is 0.263 e. The van der Waals surface area contributed by atoms with Crippen LogP contribution < -0.4 is 14.8 Å². The zero-order chi connectivity index (χ0) is 25.4. The average Bonchev–Trinajstić information content (AvgIpc) is 2.90. The number of ether oxygens (including phenoxy) is 1. The van der Waals surface area contributed by atoms with Gasteiger partial charge in [0.05, 0.1) is 12.1 Å². The number of benzene rings is 3. The molecular formula is C27H29N3O5S. The Balaban J connectivity index is 1.21. The molecule has 1 unspecified atom stereocenters. The van der Waals surface area contributed by atoms with Gasteiger partial charge in [-0.05, 0) is 60.5 Å². The number of hydrogen-bond donors (Lipinski definition) is 4. The van der Waals surface area contributed by atoms with Gasteiger partial charge in [0.2, 0.25) is 0 Å². The van der Waals surface area contributed by atoms with Crippen LogP contribution in [0.4, 0.5) is 5.69 Å². The Kier molecular flexibility index (Phi) is 8.50. The van der Waals surface area contributed by atoms with Crippen LogP contribution in [-0.4, -0.2) is 49.4 Å². The highest BCUT2D eigenvalue weighted by Gasteiger charge is 2.15. The lowest BCUT2D eigenvalue weighted by molar-refractivity contribution is 0.106. The van der Waals surface area contributed by atoms with Crippen molar-refractivity contribution in [2.45, 2.75) is 24.0 Å². The number of aromatic nitrogens is 1. The van der Waals surface area contributed by atoms with E-state index >= 15 is 0 Å². The number of nitrogens with zero attached hydrogens (tertiary/aromatic N) is 1. The minimum Gasteiger partial charge on any atom is -0.491 e. The number of rotatable bonds is 12. The summed E-state index contributed by atoms with van der Waals surface area (Å²) in [5.74, 6) is 0.605. The van der Waals surface area contributed by atoms with Crippen molar-refractivity contribution in [2.75, 3.05) is 24.4 Å². The van der Waals surface area contributed by atoms with Crippen molar-refractivity contribution < 1.29 is 23.4 Å². The molecule has 0 saturated heterocycles. The van der Waals surface area contributed by atoms with Gasteiger partial charge >= 0.3 is 0 Å². The number of hydrogen-bond acceptors (Lipinski definition) is 7. The molecular weight excluding hydrogens is 478 g/mol. The molecule has 0 aliphatic heterocycles. The molecule has 3 aromatic carbocycles. The Morgan fingerprint density at radius 1 is 0.944 bits per heavy atom. The summed E-state index contributed by atoms with van der Waals surface area (Å²) in [6.07, 6.45) is 1.40. The molecule has 1 aromatic heterocycles. The highest BCUT2D eigenvalue weighted by Crippen LogP contribution is 2.20. The first-order chi connectivity index (χ1) is 17.4. The van der Waals surface area contributed by atoms with Gasteiger partial charge in [0.1, 0.15) is 23.4 Å². The minimum atomic E-state index is -3.75. The predicted octanol–water partition coefficient (Wildman–Crippen LogP) is 3.10. The van der Waals surface area contributed by atoms with Crippen molar-refractivity contribution in [3.8, 4) is 5.75 Å². The summed E-state index contributed by atoms with van der Waals surface area (Å²) in [7, 11) is -3.75. The first kappa shape index (κ1) is 25.6. The number of pyridine rings is 1. The quantitative estimate of drug-likeness (QED) is 0.218. The van der Waals surface area contributed by atoms with Crippen LogP contribution in [-0.2, 0) is 23.1 Å². The van der Waals surface area contributed by atoms with Crippen LogP contribution in [0.25, 0.3) is 10.9 Å². The average molecular weight is 508 g/mol. The van der Waals surface area contributed by atoms with E-state index in [1.807, 2.05) is 36.4 Å². The maximum absolute atomic E-state index is 12.8. The fourth-order valence-electron chi connectivity index (χ4n) is 3.64. The van der Waals surface area contributed by atoms with Crippen molar-refractivity contribution in [3.63, 3.8) is 0 Å². The first-order valence-electron chi connectivity index (χ1n) is 11.6. The van der Waals surface area contributed by atoms with Gasteiger partial charge < -0.3 is 20.3 Å². The van der Waals surface area contributed by atoms with Crippen LogP contribution in [0.15, 0.2) is 90.0 Å². The summed E-state index contributed by atoms with van der Waals surface area (Å²) in [5, 5.41) is 23.3. The SMILES string of the molecule is O=S(=O)(Nc1ccc(CCNCC(O)COc2cccc(CO)c2)cc1)c1cnc2ccccc2c1. The van der Waals surface area contributed by atoms with Gasteiger partial charge in [-0.2, -0.15) is 0 Å². The zero-order valence-corrected chi connectivity index (χ0v) is 20.5. The van der Waals surface area contributed by atoms with Crippen molar-refractivity contribution in [2.24, 2.45) is 0 Å². The highest BCUT2D eigenvalue weighted by atomic mass is 32.2. The van der Waals surface area contributed by atoms with Gasteiger partial charge in [0, 0.05) is 23.8 Å². The molecule has 0 spiro atoms. The molecule has 0 amide bonds. The first-order valence-corrected chi connectivity index (χ1v) is 13.1. The number of fused-ring (bicyclic) bond motifs is 1. The van der Waals surface area contributed by atoms with Crippen LogP contribution in [0.1, 0.15) is 11.1 Å². The monoisotopic (exact) mass is 507 g/mol. The Morgan fingerprint density at radius 3 is 2.56 bits per heavy atom. The number of aliphatic hydroxyl groups is 2. The fraction of sp³-hybridized carbons (Fsp3) is 0.222. The second kappa shape index (κ2) is 12.0. The molecule has 9 heteroatoms. The van der Waals surface area contributed by atoms with Crippen molar-refractivity contribution in [1.29, 1.82) is 0 Å². The molecule has 8 nitrogen and oxygen atoms in total.